The smallest absolute Gasteiger partial charge is 0.0741 e. The van der Waals surface area contributed by atoms with E-state index in [0.29, 0.717) is 6.61 Å². The van der Waals surface area contributed by atoms with Crippen molar-refractivity contribution in [3.8, 4) is 0 Å². The Kier molecular flexibility index (Phi) is 7.15. The lowest BCUT2D eigenvalue weighted by Crippen LogP contribution is -2.44. The van der Waals surface area contributed by atoms with Gasteiger partial charge in [0.15, 0.2) is 0 Å². The predicted molar refractivity (Wildman–Crippen MR) is 59.3 cm³/mol. The van der Waals surface area contributed by atoms with Gasteiger partial charge in [0, 0.05) is 12.6 Å². The zero-order valence-electron chi connectivity index (χ0n) is 9.71. The van der Waals surface area contributed by atoms with Gasteiger partial charge in [-0.3, -0.25) is 0 Å². The van der Waals surface area contributed by atoms with Crippen molar-refractivity contribution in [1.82, 2.24) is 5.32 Å². The van der Waals surface area contributed by atoms with E-state index in [4.69, 9.17) is 5.11 Å². The van der Waals surface area contributed by atoms with Gasteiger partial charge in [0.25, 0.3) is 0 Å². The second-order valence-electron chi connectivity index (χ2n) is 4.47. The van der Waals surface area contributed by atoms with Crippen LogP contribution in [0.3, 0.4) is 0 Å². The van der Waals surface area contributed by atoms with Gasteiger partial charge in [0.1, 0.15) is 0 Å². The molecule has 0 aliphatic rings. The molecule has 0 radical (unpaired) electrons. The molecule has 1 atom stereocenters. The van der Waals surface area contributed by atoms with Crippen molar-refractivity contribution in [2.24, 2.45) is 0 Å². The van der Waals surface area contributed by atoms with Gasteiger partial charge in [-0.25, -0.2) is 0 Å². The average molecular weight is 203 g/mol. The number of hydrogen-bond donors (Lipinski definition) is 3. The Balaban J connectivity index is 3.28. The van der Waals surface area contributed by atoms with E-state index in [1.807, 2.05) is 20.8 Å². The molecule has 3 N–H and O–H groups in total. The van der Waals surface area contributed by atoms with Crippen LogP contribution in [0.1, 0.15) is 46.5 Å². The van der Waals surface area contributed by atoms with Gasteiger partial charge in [0.05, 0.1) is 5.60 Å². The maximum Gasteiger partial charge on any atom is 0.0741 e. The summed E-state index contributed by atoms with van der Waals surface area (Å²) in [6, 6.07) is 0.125. The lowest BCUT2D eigenvalue weighted by Gasteiger charge is -2.26. The predicted octanol–water partition coefficient (Wildman–Crippen LogP) is 1.29. The van der Waals surface area contributed by atoms with E-state index in [-0.39, 0.29) is 6.04 Å². The first-order valence-corrected chi connectivity index (χ1v) is 5.55. The SMILES string of the molecule is CC(NCCCCCCO)C(C)(C)O. The Morgan fingerprint density at radius 2 is 1.71 bits per heavy atom. The first kappa shape index (κ1) is 13.9. The van der Waals surface area contributed by atoms with Crippen molar-refractivity contribution >= 4 is 0 Å². The molecule has 0 aromatic rings. The van der Waals surface area contributed by atoms with Crippen LogP contribution >= 0.6 is 0 Å². The summed E-state index contributed by atoms with van der Waals surface area (Å²) in [5, 5.41) is 21.5. The minimum absolute atomic E-state index is 0.125. The normalized spacial score (nSPS) is 14.4. The van der Waals surface area contributed by atoms with Gasteiger partial charge in [-0.15, -0.1) is 0 Å². The van der Waals surface area contributed by atoms with E-state index in [0.717, 1.165) is 32.2 Å². The molecule has 14 heavy (non-hydrogen) atoms. The molecule has 0 aliphatic carbocycles. The minimum Gasteiger partial charge on any atom is -0.396 e. The summed E-state index contributed by atoms with van der Waals surface area (Å²) in [6.45, 7) is 6.87. The Morgan fingerprint density at radius 1 is 1.14 bits per heavy atom. The summed E-state index contributed by atoms with van der Waals surface area (Å²) in [7, 11) is 0. The third-order valence-corrected chi connectivity index (χ3v) is 2.60. The van der Waals surface area contributed by atoms with Crippen LogP contribution in [-0.4, -0.2) is 35.0 Å². The molecule has 0 rings (SSSR count). The Hall–Kier alpha value is -0.120. The topological polar surface area (TPSA) is 52.5 Å². The number of unbranched alkanes of at least 4 members (excludes halogenated alkanes) is 3. The van der Waals surface area contributed by atoms with E-state index in [1.165, 1.54) is 0 Å². The molecule has 0 spiro atoms. The summed E-state index contributed by atoms with van der Waals surface area (Å²) in [5.41, 5.74) is -0.648. The molecule has 0 heterocycles. The molecule has 0 aromatic heterocycles. The molecule has 1 unspecified atom stereocenters. The van der Waals surface area contributed by atoms with Crippen LogP contribution in [0, 0.1) is 0 Å². The van der Waals surface area contributed by atoms with E-state index in [2.05, 4.69) is 5.32 Å². The fourth-order valence-corrected chi connectivity index (χ4v) is 1.16. The second-order valence-corrected chi connectivity index (χ2v) is 4.47. The zero-order chi connectivity index (χ0) is 11.0. The van der Waals surface area contributed by atoms with Crippen LogP contribution in [0.2, 0.25) is 0 Å². The third kappa shape index (κ3) is 7.30. The van der Waals surface area contributed by atoms with Gasteiger partial charge >= 0.3 is 0 Å². The molecule has 0 saturated carbocycles. The minimum atomic E-state index is -0.648. The molecular formula is C11H25NO2. The zero-order valence-corrected chi connectivity index (χ0v) is 9.71. The van der Waals surface area contributed by atoms with Gasteiger partial charge in [-0.05, 0) is 40.2 Å². The highest BCUT2D eigenvalue weighted by Crippen LogP contribution is 2.07. The van der Waals surface area contributed by atoms with Crippen LogP contribution in [-0.2, 0) is 0 Å². The Morgan fingerprint density at radius 3 is 2.21 bits per heavy atom. The van der Waals surface area contributed by atoms with Crippen molar-refractivity contribution in [1.29, 1.82) is 0 Å². The van der Waals surface area contributed by atoms with Crippen LogP contribution < -0.4 is 5.32 Å². The molecule has 0 aromatic carbocycles. The van der Waals surface area contributed by atoms with Crippen molar-refractivity contribution in [2.45, 2.75) is 58.1 Å². The maximum absolute atomic E-state index is 9.63. The molecule has 0 bridgehead atoms. The number of rotatable bonds is 8. The van der Waals surface area contributed by atoms with E-state index >= 15 is 0 Å². The maximum atomic E-state index is 9.63. The van der Waals surface area contributed by atoms with E-state index in [1.54, 1.807) is 0 Å². The Labute approximate surface area is 87.5 Å². The lowest BCUT2D eigenvalue weighted by molar-refractivity contribution is 0.0443. The third-order valence-electron chi connectivity index (χ3n) is 2.60. The van der Waals surface area contributed by atoms with Crippen LogP contribution in [0.15, 0.2) is 0 Å². The molecule has 0 fully saturated rings. The van der Waals surface area contributed by atoms with Crippen molar-refractivity contribution in [3.05, 3.63) is 0 Å². The van der Waals surface area contributed by atoms with Gasteiger partial charge in [0.2, 0.25) is 0 Å². The van der Waals surface area contributed by atoms with Crippen molar-refractivity contribution in [3.63, 3.8) is 0 Å². The van der Waals surface area contributed by atoms with E-state index < -0.39 is 5.60 Å². The highest BCUT2D eigenvalue weighted by atomic mass is 16.3. The summed E-state index contributed by atoms with van der Waals surface area (Å²) >= 11 is 0. The molecule has 86 valence electrons. The van der Waals surface area contributed by atoms with Crippen LogP contribution in [0.25, 0.3) is 0 Å². The quantitative estimate of drug-likeness (QED) is 0.521. The molecule has 0 amide bonds. The molecular weight excluding hydrogens is 178 g/mol. The summed E-state index contributed by atoms with van der Waals surface area (Å²) < 4.78 is 0. The molecule has 3 nitrogen and oxygen atoms in total. The Bertz CT molecular complexity index is 132. The summed E-state index contributed by atoms with van der Waals surface area (Å²) in [6.07, 6.45) is 4.25. The molecule has 3 heteroatoms. The van der Waals surface area contributed by atoms with Gasteiger partial charge in [-0.2, -0.15) is 0 Å². The lowest BCUT2D eigenvalue weighted by atomic mass is 10.0. The first-order valence-electron chi connectivity index (χ1n) is 5.55. The van der Waals surface area contributed by atoms with Crippen molar-refractivity contribution in [2.75, 3.05) is 13.2 Å². The first-order chi connectivity index (χ1) is 6.48. The van der Waals surface area contributed by atoms with Gasteiger partial charge in [-0.1, -0.05) is 12.8 Å². The summed E-state index contributed by atoms with van der Waals surface area (Å²) in [5.74, 6) is 0. The number of hydrogen-bond acceptors (Lipinski definition) is 3. The fraction of sp³-hybridized carbons (Fsp3) is 1.00. The number of aliphatic hydroxyl groups is 2. The van der Waals surface area contributed by atoms with Crippen LogP contribution in [0.5, 0.6) is 0 Å². The highest BCUT2D eigenvalue weighted by molar-refractivity contribution is 4.79. The second kappa shape index (κ2) is 7.21. The molecule has 0 saturated heterocycles. The average Bonchev–Trinajstić information content (AvgIpc) is 2.09. The fourth-order valence-electron chi connectivity index (χ4n) is 1.16. The number of nitrogens with one attached hydrogen (secondary N) is 1. The van der Waals surface area contributed by atoms with Crippen LogP contribution in [0.4, 0.5) is 0 Å². The van der Waals surface area contributed by atoms with Gasteiger partial charge < -0.3 is 15.5 Å². The largest absolute Gasteiger partial charge is 0.396 e. The number of aliphatic hydroxyl groups excluding tert-OH is 1. The van der Waals surface area contributed by atoms with Crippen molar-refractivity contribution < 1.29 is 10.2 Å². The standard InChI is InChI=1S/C11H25NO2/c1-10(11(2,3)14)12-8-6-4-5-7-9-13/h10,12-14H,4-9H2,1-3H3. The highest BCUT2D eigenvalue weighted by Gasteiger charge is 2.20. The molecule has 0 aliphatic heterocycles. The van der Waals surface area contributed by atoms with E-state index in [9.17, 15) is 5.11 Å². The monoisotopic (exact) mass is 203 g/mol. The summed E-state index contributed by atoms with van der Waals surface area (Å²) in [4.78, 5) is 0.